The maximum Gasteiger partial charge on any atom is 0.267 e. The van der Waals surface area contributed by atoms with Gasteiger partial charge in [0.05, 0.1) is 18.6 Å². The van der Waals surface area contributed by atoms with Crippen LogP contribution in [-0.4, -0.2) is 55.1 Å². The first-order valence-electron chi connectivity index (χ1n) is 8.37. The Morgan fingerprint density at radius 3 is 2.29 bits per heavy atom. The van der Waals surface area contributed by atoms with Crippen LogP contribution in [-0.2, 0) is 14.3 Å². The normalized spacial score (nSPS) is 29.9. The smallest absolute Gasteiger partial charge is 0.267 e. The fourth-order valence-electron chi connectivity index (χ4n) is 3.41. The third-order valence-electron chi connectivity index (χ3n) is 4.90. The molecule has 0 bridgehead atoms. The maximum atomic E-state index is 12.8. The number of benzene rings is 1. The van der Waals surface area contributed by atoms with Gasteiger partial charge in [-0.05, 0) is 32.9 Å². The fraction of sp³-hybridized carbons (Fsp3) is 0.611. The third-order valence-corrected chi connectivity index (χ3v) is 4.90. The van der Waals surface area contributed by atoms with E-state index in [4.69, 9.17) is 18.9 Å². The number of para-hydroxylation sites is 2. The van der Waals surface area contributed by atoms with E-state index < -0.39 is 11.9 Å². The summed E-state index contributed by atoms with van der Waals surface area (Å²) in [6.07, 6.45) is -0.930. The summed E-state index contributed by atoms with van der Waals surface area (Å²) in [7, 11) is 0. The van der Waals surface area contributed by atoms with Gasteiger partial charge in [0.1, 0.15) is 6.10 Å². The highest BCUT2D eigenvalue weighted by molar-refractivity contribution is 5.83. The summed E-state index contributed by atoms with van der Waals surface area (Å²) in [6.45, 7) is 8.19. The number of hydrogen-bond acceptors (Lipinski definition) is 5. The minimum Gasteiger partial charge on any atom is -0.482 e. The van der Waals surface area contributed by atoms with E-state index in [0.29, 0.717) is 37.8 Å². The Hall–Kier alpha value is -1.79. The zero-order valence-electron chi connectivity index (χ0n) is 14.3. The number of hydrogen-bond donors (Lipinski definition) is 0. The molecule has 6 nitrogen and oxygen atoms in total. The van der Waals surface area contributed by atoms with Crippen molar-refractivity contribution >= 4 is 5.91 Å². The summed E-state index contributed by atoms with van der Waals surface area (Å²) >= 11 is 0. The maximum absolute atomic E-state index is 12.8. The first-order valence-corrected chi connectivity index (χ1v) is 8.37. The lowest BCUT2D eigenvalue weighted by molar-refractivity contribution is -0.303. The van der Waals surface area contributed by atoms with Crippen molar-refractivity contribution in [2.45, 2.75) is 38.8 Å². The van der Waals surface area contributed by atoms with Crippen LogP contribution < -0.4 is 9.47 Å². The van der Waals surface area contributed by atoms with Gasteiger partial charge in [0.25, 0.3) is 5.91 Å². The lowest BCUT2D eigenvalue weighted by Crippen LogP contribution is -2.68. The molecule has 24 heavy (non-hydrogen) atoms. The molecule has 4 rings (SSSR count). The molecule has 1 amide bonds. The molecule has 0 radical (unpaired) electrons. The summed E-state index contributed by atoms with van der Waals surface area (Å²) in [5.74, 6) is 0.738. The summed E-state index contributed by atoms with van der Waals surface area (Å²) in [5, 5.41) is 0. The van der Waals surface area contributed by atoms with Gasteiger partial charge in [0.2, 0.25) is 6.10 Å². The fourth-order valence-corrected chi connectivity index (χ4v) is 3.41. The van der Waals surface area contributed by atoms with E-state index in [1.165, 1.54) is 0 Å². The SMILES string of the molecule is CC1Oc2ccccc2OC1C(=O)N1CC2(COC(C)(C)OC2)C1. The van der Waals surface area contributed by atoms with Crippen molar-refractivity contribution in [3.05, 3.63) is 24.3 Å². The van der Waals surface area contributed by atoms with Gasteiger partial charge < -0.3 is 23.8 Å². The lowest BCUT2D eigenvalue weighted by atomic mass is 9.80. The number of amides is 1. The molecule has 2 atom stereocenters. The second-order valence-electron chi connectivity index (χ2n) is 7.48. The second kappa shape index (κ2) is 5.36. The average Bonchev–Trinajstić information content (AvgIpc) is 2.52. The molecule has 0 saturated carbocycles. The van der Waals surface area contributed by atoms with E-state index in [0.717, 1.165) is 0 Å². The number of carbonyl (C=O) groups is 1. The Morgan fingerprint density at radius 1 is 1.08 bits per heavy atom. The highest BCUT2D eigenvalue weighted by atomic mass is 16.7. The average molecular weight is 333 g/mol. The van der Waals surface area contributed by atoms with Crippen molar-refractivity contribution in [2.24, 2.45) is 5.41 Å². The van der Waals surface area contributed by atoms with Gasteiger partial charge >= 0.3 is 0 Å². The standard InChI is InChI=1S/C18H23NO5/c1-12-15(24-14-7-5-4-6-13(14)23-12)16(20)19-8-18(9-19)10-21-17(2,3)22-11-18/h4-7,12,15H,8-11H2,1-3H3. The largest absolute Gasteiger partial charge is 0.482 e. The molecule has 0 aromatic heterocycles. The minimum atomic E-state index is -0.612. The van der Waals surface area contributed by atoms with Gasteiger partial charge in [-0.15, -0.1) is 0 Å². The summed E-state index contributed by atoms with van der Waals surface area (Å²) < 4.78 is 23.2. The van der Waals surface area contributed by atoms with E-state index in [-0.39, 0.29) is 17.4 Å². The second-order valence-corrected chi connectivity index (χ2v) is 7.48. The van der Waals surface area contributed by atoms with E-state index >= 15 is 0 Å². The topological polar surface area (TPSA) is 57.2 Å². The van der Waals surface area contributed by atoms with Gasteiger partial charge in [-0.25, -0.2) is 0 Å². The van der Waals surface area contributed by atoms with E-state index in [1.54, 1.807) is 0 Å². The van der Waals surface area contributed by atoms with Gasteiger partial charge in [-0.1, -0.05) is 12.1 Å². The van der Waals surface area contributed by atoms with Crippen molar-refractivity contribution in [3.8, 4) is 11.5 Å². The van der Waals surface area contributed by atoms with Crippen molar-refractivity contribution in [3.63, 3.8) is 0 Å². The van der Waals surface area contributed by atoms with Crippen molar-refractivity contribution in [2.75, 3.05) is 26.3 Å². The van der Waals surface area contributed by atoms with Crippen molar-refractivity contribution in [1.82, 2.24) is 4.90 Å². The predicted molar refractivity (Wildman–Crippen MR) is 85.9 cm³/mol. The minimum absolute atomic E-state index is 0.0348. The van der Waals surface area contributed by atoms with Crippen LogP contribution in [0.3, 0.4) is 0 Å². The molecular weight excluding hydrogens is 310 g/mol. The summed E-state index contributed by atoms with van der Waals surface area (Å²) in [6, 6.07) is 7.44. The number of likely N-dealkylation sites (tertiary alicyclic amines) is 1. The van der Waals surface area contributed by atoms with E-state index in [2.05, 4.69) is 0 Å². The van der Waals surface area contributed by atoms with Crippen LogP contribution in [0, 0.1) is 5.41 Å². The van der Waals surface area contributed by atoms with Crippen LogP contribution in [0.5, 0.6) is 11.5 Å². The van der Waals surface area contributed by atoms with Gasteiger partial charge in [-0.2, -0.15) is 0 Å². The molecule has 2 unspecified atom stereocenters. The number of ether oxygens (including phenoxy) is 4. The Bertz CT molecular complexity index is 641. The lowest BCUT2D eigenvalue weighted by Gasteiger charge is -2.54. The zero-order chi connectivity index (χ0) is 16.9. The van der Waals surface area contributed by atoms with Crippen molar-refractivity contribution in [1.29, 1.82) is 0 Å². The molecule has 1 spiro atoms. The Morgan fingerprint density at radius 2 is 1.67 bits per heavy atom. The Labute approximate surface area is 141 Å². The van der Waals surface area contributed by atoms with Crippen LogP contribution in [0.25, 0.3) is 0 Å². The molecule has 0 aliphatic carbocycles. The van der Waals surface area contributed by atoms with Crippen LogP contribution in [0.1, 0.15) is 20.8 Å². The first-order chi connectivity index (χ1) is 11.4. The van der Waals surface area contributed by atoms with E-state index in [1.807, 2.05) is 49.9 Å². The van der Waals surface area contributed by atoms with Crippen LogP contribution in [0.15, 0.2) is 24.3 Å². The zero-order valence-corrected chi connectivity index (χ0v) is 14.3. The molecule has 2 saturated heterocycles. The first kappa shape index (κ1) is 15.7. The Kier molecular flexibility index (Phi) is 3.51. The molecule has 3 aliphatic heterocycles. The molecule has 2 fully saturated rings. The quantitative estimate of drug-likeness (QED) is 0.785. The monoisotopic (exact) mass is 333 g/mol. The molecule has 130 valence electrons. The molecular formula is C18H23NO5. The summed E-state index contributed by atoms with van der Waals surface area (Å²) in [4.78, 5) is 14.6. The molecule has 0 N–H and O–H groups in total. The predicted octanol–water partition coefficient (Wildman–Crippen LogP) is 1.83. The molecule has 3 aliphatic rings. The van der Waals surface area contributed by atoms with Crippen LogP contribution >= 0.6 is 0 Å². The highest BCUT2D eigenvalue weighted by Crippen LogP contribution is 2.39. The van der Waals surface area contributed by atoms with Crippen molar-refractivity contribution < 1.29 is 23.7 Å². The molecule has 6 heteroatoms. The third kappa shape index (κ3) is 2.63. The van der Waals surface area contributed by atoms with Gasteiger partial charge in [-0.3, -0.25) is 4.79 Å². The number of rotatable bonds is 1. The molecule has 1 aromatic rings. The van der Waals surface area contributed by atoms with Gasteiger partial charge in [0, 0.05) is 13.1 Å². The Balaban J connectivity index is 1.40. The van der Waals surface area contributed by atoms with Gasteiger partial charge in [0.15, 0.2) is 17.3 Å². The van der Waals surface area contributed by atoms with Crippen LogP contribution in [0.2, 0.25) is 0 Å². The highest BCUT2D eigenvalue weighted by Gasteiger charge is 2.52. The molecule has 1 aromatic carbocycles. The van der Waals surface area contributed by atoms with Crippen LogP contribution in [0.4, 0.5) is 0 Å². The summed E-state index contributed by atoms with van der Waals surface area (Å²) in [5.41, 5.74) is -0.0815. The van der Waals surface area contributed by atoms with E-state index in [9.17, 15) is 4.79 Å². The number of nitrogens with zero attached hydrogens (tertiary/aromatic N) is 1. The molecule has 3 heterocycles. The number of fused-ring (bicyclic) bond motifs is 1. The number of carbonyl (C=O) groups excluding carboxylic acids is 1.